The Kier molecular flexibility index (Phi) is 2.40. The Morgan fingerprint density at radius 2 is 2.08 bits per heavy atom. The molecule has 0 atom stereocenters. The van der Waals surface area contributed by atoms with Gasteiger partial charge < -0.3 is 10.3 Å². The van der Waals surface area contributed by atoms with Crippen molar-refractivity contribution in [3.63, 3.8) is 0 Å². The molecular weight excluding hydrogens is 150 g/mol. The smallest absolute Gasteiger partial charge is 0.127 e. The van der Waals surface area contributed by atoms with Crippen molar-refractivity contribution in [3.8, 4) is 0 Å². The quantitative estimate of drug-likeness (QED) is 0.731. The van der Waals surface area contributed by atoms with Gasteiger partial charge in [0.15, 0.2) is 0 Å². The first kappa shape index (κ1) is 9.10. The van der Waals surface area contributed by atoms with Gasteiger partial charge in [-0.3, -0.25) is 0 Å². The minimum absolute atomic E-state index is 0.401. The van der Waals surface area contributed by atoms with E-state index in [9.17, 15) is 0 Å². The van der Waals surface area contributed by atoms with Gasteiger partial charge in [-0.15, -0.1) is 0 Å². The van der Waals surface area contributed by atoms with Crippen molar-refractivity contribution in [3.05, 3.63) is 11.5 Å². The van der Waals surface area contributed by atoms with Crippen molar-refractivity contribution in [2.75, 3.05) is 5.73 Å². The SMILES string of the molecule is CCc1nc(C)n(C(C)C)c1N. The highest BCUT2D eigenvalue weighted by molar-refractivity contribution is 5.38. The van der Waals surface area contributed by atoms with E-state index in [0.717, 1.165) is 23.8 Å². The summed E-state index contributed by atoms with van der Waals surface area (Å²) in [6, 6.07) is 0.401. The Balaban J connectivity index is 3.19. The maximum absolute atomic E-state index is 5.92. The summed E-state index contributed by atoms with van der Waals surface area (Å²) in [6.45, 7) is 8.30. The zero-order valence-corrected chi connectivity index (χ0v) is 8.26. The Hall–Kier alpha value is -0.990. The highest BCUT2D eigenvalue weighted by atomic mass is 15.2. The predicted molar refractivity (Wildman–Crippen MR) is 51.1 cm³/mol. The third kappa shape index (κ3) is 1.31. The molecule has 0 aliphatic heterocycles. The zero-order chi connectivity index (χ0) is 9.30. The molecule has 0 unspecified atom stereocenters. The largest absolute Gasteiger partial charge is 0.384 e. The minimum Gasteiger partial charge on any atom is -0.384 e. The van der Waals surface area contributed by atoms with Gasteiger partial charge >= 0.3 is 0 Å². The van der Waals surface area contributed by atoms with Crippen molar-refractivity contribution >= 4 is 5.82 Å². The Bertz CT molecular complexity index is 274. The molecule has 1 aromatic heterocycles. The van der Waals surface area contributed by atoms with Crippen LogP contribution < -0.4 is 5.73 Å². The summed E-state index contributed by atoms with van der Waals surface area (Å²) in [7, 11) is 0. The summed E-state index contributed by atoms with van der Waals surface area (Å²) in [5.41, 5.74) is 6.93. The maximum atomic E-state index is 5.92. The average Bonchev–Trinajstić information content (AvgIpc) is 2.25. The number of aromatic nitrogens is 2. The van der Waals surface area contributed by atoms with Crippen LogP contribution in [0.1, 0.15) is 38.3 Å². The van der Waals surface area contributed by atoms with E-state index in [4.69, 9.17) is 5.73 Å². The molecule has 1 aromatic rings. The van der Waals surface area contributed by atoms with E-state index in [1.54, 1.807) is 0 Å². The van der Waals surface area contributed by atoms with E-state index in [1.807, 2.05) is 6.92 Å². The summed E-state index contributed by atoms with van der Waals surface area (Å²) < 4.78 is 2.07. The van der Waals surface area contributed by atoms with Gasteiger partial charge in [0, 0.05) is 6.04 Å². The third-order valence-corrected chi connectivity index (χ3v) is 2.05. The van der Waals surface area contributed by atoms with Crippen LogP contribution in [0, 0.1) is 6.92 Å². The van der Waals surface area contributed by atoms with E-state index in [2.05, 4.69) is 30.3 Å². The van der Waals surface area contributed by atoms with Crippen molar-refractivity contribution in [2.24, 2.45) is 0 Å². The third-order valence-electron chi connectivity index (χ3n) is 2.05. The van der Waals surface area contributed by atoms with Crippen LogP contribution in [0.3, 0.4) is 0 Å². The number of imidazole rings is 1. The van der Waals surface area contributed by atoms with Gasteiger partial charge in [0.1, 0.15) is 11.6 Å². The van der Waals surface area contributed by atoms with Gasteiger partial charge in [0.2, 0.25) is 0 Å². The first-order chi connectivity index (χ1) is 5.57. The molecule has 3 nitrogen and oxygen atoms in total. The molecule has 0 spiro atoms. The number of hydrogen-bond donors (Lipinski definition) is 1. The lowest BCUT2D eigenvalue weighted by atomic mass is 10.3. The van der Waals surface area contributed by atoms with Crippen molar-refractivity contribution in [1.82, 2.24) is 9.55 Å². The summed E-state index contributed by atoms with van der Waals surface area (Å²) in [4.78, 5) is 4.39. The molecule has 2 N–H and O–H groups in total. The van der Waals surface area contributed by atoms with Crippen molar-refractivity contribution in [2.45, 2.75) is 40.2 Å². The highest BCUT2D eigenvalue weighted by Gasteiger charge is 2.11. The standard InChI is InChI=1S/C9H17N3/c1-5-8-9(10)12(6(2)3)7(4)11-8/h6H,5,10H2,1-4H3. The van der Waals surface area contributed by atoms with E-state index >= 15 is 0 Å². The van der Waals surface area contributed by atoms with Crippen LogP contribution in [0.5, 0.6) is 0 Å². The maximum Gasteiger partial charge on any atom is 0.127 e. The number of anilines is 1. The van der Waals surface area contributed by atoms with E-state index < -0.39 is 0 Å². The van der Waals surface area contributed by atoms with E-state index in [-0.39, 0.29) is 0 Å². The second kappa shape index (κ2) is 3.17. The fourth-order valence-corrected chi connectivity index (χ4v) is 1.53. The van der Waals surface area contributed by atoms with E-state index in [0.29, 0.717) is 6.04 Å². The lowest BCUT2D eigenvalue weighted by Crippen LogP contribution is -2.07. The molecule has 12 heavy (non-hydrogen) atoms. The molecular formula is C9H17N3. The molecule has 0 aliphatic carbocycles. The molecule has 3 heteroatoms. The van der Waals surface area contributed by atoms with Gasteiger partial charge in [-0.25, -0.2) is 4.98 Å². The predicted octanol–water partition coefficient (Wildman–Crippen LogP) is 1.92. The number of nitrogens with zero attached hydrogens (tertiary/aromatic N) is 2. The zero-order valence-electron chi connectivity index (χ0n) is 8.26. The summed E-state index contributed by atoms with van der Waals surface area (Å²) in [5, 5.41) is 0. The minimum atomic E-state index is 0.401. The van der Waals surface area contributed by atoms with Crippen LogP contribution in [0.2, 0.25) is 0 Å². The molecule has 0 radical (unpaired) electrons. The number of nitrogen functional groups attached to an aromatic ring is 1. The van der Waals surface area contributed by atoms with Crippen LogP contribution in [0.15, 0.2) is 0 Å². The Morgan fingerprint density at radius 1 is 1.50 bits per heavy atom. The van der Waals surface area contributed by atoms with Gasteiger partial charge in [0.05, 0.1) is 5.69 Å². The molecule has 1 heterocycles. The topological polar surface area (TPSA) is 43.8 Å². The number of rotatable bonds is 2. The molecule has 0 aromatic carbocycles. The second-order valence-electron chi connectivity index (χ2n) is 3.31. The molecule has 0 saturated carbocycles. The summed E-state index contributed by atoms with van der Waals surface area (Å²) >= 11 is 0. The summed E-state index contributed by atoms with van der Waals surface area (Å²) in [5.74, 6) is 1.84. The molecule has 0 amide bonds. The second-order valence-corrected chi connectivity index (χ2v) is 3.31. The van der Waals surface area contributed by atoms with Gasteiger partial charge in [-0.05, 0) is 27.2 Å². The van der Waals surface area contributed by atoms with Crippen molar-refractivity contribution in [1.29, 1.82) is 0 Å². The lowest BCUT2D eigenvalue weighted by molar-refractivity contribution is 0.590. The van der Waals surface area contributed by atoms with Crippen LogP contribution in [-0.2, 0) is 6.42 Å². The average molecular weight is 167 g/mol. The monoisotopic (exact) mass is 167 g/mol. The van der Waals surface area contributed by atoms with E-state index in [1.165, 1.54) is 0 Å². The van der Waals surface area contributed by atoms with Crippen LogP contribution in [-0.4, -0.2) is 9.55 Å². The first-order valence-electron chi connectivity index (χ1n) is 4.41. The van der Waals surface area contributed by atoms with Crippen LogP contribution in [0.4, 0.5) is 5.82 Å². The fourth-order valence-electron chi connectivity index (χ4n) is 1.53. The molecule has 0 aliphatic rings. The number of hydrogen-bond acceptors (Lipinski definition) is 2. The lowest BCUT2D eigenvalue weighted by Gasteiger charge is -2.11. The Labute approximate surface area is 73.6 Å². The van der Waals surface area contributed by atoms with Crippen LogP contribution in [0.25, 0.3) is 0 Å². The van der Waals surface area contributed by atoms with Gasteiger partial charge in [-0.1, -0.05) is 6.92 Å². The van der Waals surface area contributed by atoms with Crippen molar-refractivity contribution < 1.29 is 0 Å². The molecule has 68 valence electrons. The molecule has 1 rings (SSSR count). The van der Waals surface area contributed by atoms with Gasteiger partial charge in [0.25, 0.3) is 0 Å². The Morgan fingerprint density at radius 3 is 2.33 bits per heavy atom. The highest BCUT2D eigenvalue weighted by Crippen LogP contribution is 2.19. The molecule has 0 saturated heterocycles. The van der Waals surface area contributed by atoms with Crippen LogP contribution >= 0.6 is 0 Å². The normalized spacial score (nSPS) is 11.1. The first-order valence-corrected chi connectivity index (χ1v) is 4.41. The summed E-state index contributed by atoms with van der Waals surface area (Å²) in [6.07, 6.45) is 0.909. The molecule has 0 fully saturated rings. The number of aryl methyl sites for hydroxylation is 2. The fraction of sp³-hybridized carbons (Fsp3) is 0.667. The number of nitrogens with two attached hydrogens (primary N) is 1. The van der Waals surface area contributed by atoms with Gasteiger partial charge in [-0.2, -0.15) is 0 Å². The molecule has 0 bridgehead atoms.